The van der Waals surface area contributed by atoms with E-state index in [2.05, 4.69) is 11.2 Å². The van der Waals surface area contributed by atoms with Crippen molar-refractivity contribution in [3.63, 3.8) is 0 Å². The monoisotopic (exact) mass is 242 g/mol. The summed E-state index contributed by atoms with van der Waals surface area (Å²) in [4.78, 5) is 0. The van der Waals surface area contributed by atoms with Gasteiger partial charge in [0.25, 0.3) is 0 Å². The van der Waals surface area contributed by atoms with Crippen molar-refractivity contribution < 1.29 is 4.74 Å². The minimum Gasteiger partial charge on any atom is -0.479 e. The van der Waals surface area contributed by atoms with Crippen LogP contribution in [-0.2, 0) is 6.54 Å². The van der Waals surface area contributed by atoms with Gasteiger partial charge < -0.3 is 10.1 Å². The molecule has 0 fully saturated rings. The van der Waals surface area contributed by atoms with E-state index in [4.69, 9.17) is 16.4 Å². The number of nitrogens with one attached hydrogen (secondary N) is 1. The molecule has 0 aromatic heterocycles. The second-order valence-electron chi connectivity index (χ2n) is 3.93. The van der Waals surface area contributed by atoms with Crippen LogP contribution in [0.4, 0.5) is 0 Å². The van der Waals surface area contributed by atoms with Crippen molar-refractivity contribution in [1.29, 1.82) is 5.26 Å². The molecule has 0 saturated carbocycles. The minimum absolute atomic E-state index is 0.0901. The number of terminal acetylenes is 1. The lowest BCUT2D eigenvalue weighted by Gasteiger charge is -2.06. The molecule has 0 aliphatic rings. The lowest BCUT2D eigenvalue weighted by molar-refractivity contribution is 0.368. The Bertz CT molecular complexity index is 412. The Morgan fingerprint density at radius 2 is 2.00 bits per heavy atom. The summed E-state index contributed by atoms with van der Waals surface area (Å²) < 4.78 is 5.18. The van der Waals surface area contributed by atoms with Gasteiger partial charge in [0.05, 0.1) is 0 Å². The molecular weight excluding hydrogens is 224 g/mol. The van der Waals surface area contributed by atoms with Gasteiger partial charge in [-0.15, -0.1) is 12.3 Å². The molecule has 0 atom stereocenters. The van der Waals surface area contributed by atoms with E-state index in [1.54, 1.807) is 0 Å². The van der Waals surface area contributed by atoms with E-state index in [-0.39, 0.29) is 6.61 Å². The number of nitrogens with zero attached hydrogens (tertiary/aromatic N) is 1. The van der Waals surface area contributed by atoms with Crippen LogP contribution in [0.25, 0.3) is 0 Å². The molecule has 1 rings (SSSR count). The largest absolute Gasteiger partial charge is 0.479 e. The van der Waals surface area contributed by atoms with Gasteiger partial charge in [0, 0.05) is 13.0 Å². The van der Waals surface area contributed by atoms with E-state index >= 15 is 0 Å². The second kappa shape index (κ2) is 9.10. The molecule has 94 valence electrons. The van der Waals surface area contributed by atoms with Crippen molar-refractivity contribution in [2.75, 3.05) is 13.2 Å². The maximum atomic E-state index is 8.39. The summed E-state index contributed by atoms with van der Waals surface area (Å²) in [6.07, 6.45) is 8.21. The number of benzene rings is 1. The molecule has 0 bridgehead atoms. The van der Waals surface area contributed by atoms with Crippen molar-refractivity contribution in [3.05, 3.63) is 29.8 Å². The van der Waals surface area contributed by atoms with Crippen LogP contribution >= 0.6 is 0 Å². The van der Waals surface area contributed by atoms with Crippen LogP contribution in [0.2, 0.25) is 0 Å². The van der Waals surface area contributed by atoms with Gasteiger partial charge in [-0.25, -0.2) is 0 Å². The van der Waals surface area contributed by atoms with Crippen molar-refractivity contribution >= 4 is 0 Å². The number of ether oxygens (including phenoxy) is 1. The standard InChI is InChI=1S/C15H18N2O/c1-2-3-4-5-11-17-13-14-6-8-15(9-7-14)18-12-10-16/h1,6-9,17H,3-5,11-13H2. The predicted molar refractivity (Wildman–Crippen MR) is 71.9 cm³/mol. The fraction of sp³-hybridized carbons (Fsp3) is 0.400. The zero-order chi connectivity index (χ0) is 13.1. The SMILES string of the molecule is C#CCCCCNCc1ccc(OCC#N)cc1. The Morgan fingerprint density at radius 3 is 2.67 bits per heavy atom. The van der Waals surface area contributed by atoms with Crippen LogP contribution in [0, 0.1) is 23.7 Å². The van der Waals surface area contributed by atoms with Crippen LogP contribution in [0.1, 0.15) is 24.8 Å². The molecular formula is C15H18N2O. The molecule has 0 aliphatic carbocycles. The third-order valence-corrected chi connectivity index (χ3v) is 2.48. The van der Waals surface area contributed by atoms with E-state index in [1.165, 1.54) is 5.56 Å². The third-order valence-electron chi connectivity index (χ3n) is 2.48. The first kappa shape index (κ1) is 14.1. The summed E-state index contributed by atoms with van der Waals surface area (Å²) in [6.45, 7) is 1.91. The minimum atomic E-state index is 0.0901. The molecule has 1 aromatic rings. The summed E-state index contributed by atoms with van der Waals surface area (Å²) in [5.74, 6) is 3.37. The first-order valence-electron chi connectivity index (χ1n) is 6.09. The summed E-state index contributed by atoms with van der Waals surface area (Å²) >= 11 is 0. The lowest BCUT2D eigenvalue weighted by Crippen LogP contribution is -2.14. The first-order valence-corrected chi connectivity index (χ1v) is 6.09. The zero-order valence-electron chi connectivity index (χ0n) is 10.5. The number of nitriles is 1. The van der Waals surface area contributed by atoms with Crippen LogP contribution in [0.3, 0.4) is 0 Å². The summed E-state index contributed by atoms with van der Waals surface area (Å²) in [6, 6.07) is 9.71. The molecule has 0 unspecified atom stereocenters. The van der Waals surface area contributed by atoms with Gasteiger partial charge in [0.15, 0.2) is 6.61 Å². The fourth-order valence-corrected chi connectivity index (χ4v) is 1.53. The van der Waals surface area contributed by atoms with E-state index < -0.39 is 0 Å². The van der Waals surface area contributed by atoms with Gasteiger partial charge in [0.1, 0.15) is 11.8 Å². The molecule has 18 heavy (non-hydrogen) atoms. The predicted octanol–water partition coefficient (Wildman–Crippen LogP) is 2.48. The number of hydrogen-bond acceptors (Lipinski definition) is 3. The number of rotatable bonds is 8. The third kappa shape index (κ3) is 5.94. The second-order valence-corrected chi connectivity index (χ2v) is 3.93. The average molecular weight is 242 g/mol. The molecule has 3 heteroatoms. The Kier molecular flexibility index (Phi) is 7.13. The highest BCUT2D eigenvalue weighted by Gasteiger charge is 1.95. The van der Waals surface area contributed by atoms with Crippen molar-refractivity contribution in [2.45, 2.75) is 25.8 Å². The number of unbranched alkanes of at least 4 members (excludes halogenated alkanes) is 2. The van der Waals surface area contributed by atoms with Crippen molar-refractivity contribution in [2.24, 2.45) is 0 Å². The molecule has 0 amide bonds. The Labute approximate surface area is 109 Å². The van der Waals surface area contributed by atoms with Crippen LogP contribution in [0.15, 0.2) is 24.3 Å². The quantitative estimate of drug-likeness (QED) is 0.562. The Hall–Kier alpha value is -1.97. The van der Waals surface area contributed by atoms with E-state index in [0.29, 0.717) is 0 Å². The van der Waals surface area contributed by atoms with Gasteiger partial charge in [-0.05, 0) is 37.1 Å². The Balaban J connectivity index is 2.19. The smallest absolute Gasteiger partial charge is 0.174 e. The maximum Gasteiger partial charge on any atom is 0.174 e. The molecule has 0 spiro atoms. The molecule has 3 nitrogen and oxygen atoms in total. The summed E-state index contributed by atoms with van der Waals surface area (Å²) in [5, 5.41) is 11.8. The highest BCUT2D eigenvalue weighted by Crippen LogP contribution is 2.11. The molecule has 0 radical (unpaired) electrons. The van der Waals surface area contributed by atoms with Crippen molar-refractivity contribution in [3.8, 4) is 24.2 Å². The molecule has 0 heterocycles. The van der Waals surface area contributed by atoms with Crippen LogP contribution in [-0.4, -0.2) is 13.2 Å². The van der Waals surface area contributed by atoms with Gasteiger partial charge in [-0.2, -0.15) is 5.26 Å². The number of hydrogen-bond donors (Lipinski definition) is 1. The summed E-state index contributed by atoms with van der Waals surface area (Å²) in [7, 11) is 0. The average Bonchev–Trinajstić information content (AvgIpc) is 2.42. The van der Waals surface area contributed by atoms with E-state index in [0.717, 1.165) is 38.1 Å². The van der Waals surface area contributed by atoms with E-state index in [1.807, 2.05) is 30.3 Å². The molecule has 1 N–H and O–H groups in total. The van der Waals surface area contributed by atoms with Crippen LogP contribution < -0.4 is 10.1 Å². The van der Waals surface area contributed by atoms with Crippen molar-refractivity contribution in [1.82, 2.24) is 5.32 Å². The van der Waals surface area contributed by atoms with E-state index in [9.17, 15) is 0 Å². The maximum absolute atomic E-state index is 8.39. The molecule has 1 aromatic carbocycles. The van der Waals surface area contributed by atoms with Crippen LogP contribution in [0.5, 0.6) is 5.75 Å². The first-order chi connectivity index (χ1) is 8.86. The van der Waals surface area contributed by atoms with Gasteiger partial charge >= 0.3 is 0 Å². The normalized spacial score (nSPS) is 9.44. The zero-order valence-corrected chi connectivity index (χ0v) is 10.5. The highest BCUT2D eigenvalue weighted by molar-refractivity contribution is 5.27. The van der Waals surface area contributed by atoms with Gasteiger partial charge in [-0.3, -0.25) is 0 Å². The molecule has 0 aliphatic heterocycles. The topological polar surface area (TPSA) is 45.0 Å². The van der Waals surface area contributed by atoms with Gasteiger partial charge in [-0.1, -0.05) is 12.1 Å². The Morgan fingerprint density at radius 1 is 1.22 bits per heavy atom. The van der Waals surface area contributed by atoms with Gasteiger partial charge in [0.2, 0.25) is 0 Å². The lowest BCUT2D eigenvalue weighted by atomic mass is 10.2. The fourth-order valence-electron chi connectivity index (χ4n) is 1.53. The molecule has 0 saturated heterocycles. The highest BCUT2D eigenvalue weighted by atomic mass is 16.5. The summed E-state index contributed by atoms with van der Waals surface area (Å²) in [5.41, 5.74) is 1.20.